The molecule has 0 amide bonds. The molecule has 0 aliphatic rings. The highest BCUT2D eigenvalue weighted by Gasteiger charge is 2.31. The molecule has 3 rings (SSSR count). The van der Waals surface area contributed by atoms with Crippen molar-refractivity contribution in [2.24, 2.45) is 0 Å². The molecule has 0 radical (unpaired) electrons. The standard InChI is InChI=1S/C21H17ClFNO3S/c1-15(16-7-4-3-5-8-16)24(17-9-6-10-18(13-17)27-2)28(25,26)19-11-12-21(23)20(22)14-19/h3-10,13-15H,1-2H3. The number of benzene rings is 2. The molecule has 0 N–H and O–H groups in total. The smallest absolute Gasteiger partial charge is 0.272 e. The molecular formula is C21H17ClFNO3S. The highest BCUT2D eigenvalue weighted by atomic mass is 35.5. The van der Waals surface area contributed by atoms with Crippen LogP contribution in [0.1, 0.15) is 18.5 Å². The largest absolute Gasteiger partial charge is 0.497 e. The molecular weight excluding hydrogens is 401 g/mol. The number of anilines is 1. The van der Waals surface area contributed by atoms with Crippen LogP contribution in [0.5, 0.6) is 5.75 Å². The molecule has 0 aromatic heterocycles. The maximum absolute atomic E-state index is 13.5. The zero-order valence-corrected chi connectivity index (χ0v) is 16.8. The number of rotatable bonds is 6. The molecule has 7 heteroatoms. The number of methoxy groups -OCH3 is 1. The van der Waals surface area contributed by atoms with Gasteiger partial charge < -0.3 is 4.74 Å². The van der Waals surface area contributed by atoms with E-state index in [1.54, 1.807) is 31.2 Å². The number of hydrogen-bond acceptors (Lipinski definition) is 3. The van der Waals surface area contributed by atoms with Crippen LogP contribution in [0.2, 0.25) is 5.02 Å². The molecule has 0 saturated heterocycles. The molecule has 28 heavy (non-hydrogen) atoms. The topological polar surface area (TPSA) is 46.6 Å². The molecule has 0 spiro atoms. The van der Waals surface area contributed by atoms with Gasteiger partial charge in [-0.1, -0.05) is 48.0 Å². The van der Waals surface area contributed by atoms with Crippen molar-refractivity contribution in [3.8, 4) is 5.75 Å². The SMILES string of the molecule is COc1cccc(N(C(C)c2ccccc2)S(=O)(=O)c2c#cc(F)c(Cl)c2)c1. The van der Waals surface area contributed by atoms with Crippen LogP contribution in [0.25, 0.3) is 0 Å². The van der Waals surface area contributed by atoms with E-state index in [0.29, 0.717) is 11.4 Å². The Labute approximate surface area is 169 Å². The van der Waals surface area contributed by atoms with Crippen LogP contribution >= 0.6 is 11.6 Å². The predicted molar refractivity (Wildman–Crippen MR) is 107 cm³/mol. The lowest BCUT2D eigenvalue weighted by Crippen LogP contribution is -2.33. The minimum absolute atomic E-state index is 0.274. The molecule has 0 aliphatic heterocycles. The summed E-state index contributed by atoms with van der Waals surface area (Å²) in [5.41, 5.74) is 1.18. The van der Waals surface area contributed by atoms with Crippen LogP contribution in [0.15, 0.2) is 65.6 Å². The van der Waals surface area contributed by atoms with Crippen molar-refractivity contribution in [1.82, 2.24) is 0 Å². The fourth-order valence-electron chi connectivity index (χ4n) is 2.82. The monoisotopic (exact) mass is 417 g/mol. The zero-order chi connectivity index (χ0) is 20.3. The summed E-state index contributed by atoms with van der Waals surface area (Å²) in [5, 5.41) is -0.338. The zero-order valence-electron chi connectivity index (χ0n) is 15.2. The Kier molecular flexibility index (Phi) is 5.78. The molecule has 0 saturated carbocycles. The average molecular weight is 418 g/mol. The van der Waals surface area contributed by atoms with E-state index in [9.17, 15) is 12.8 Å². The van der Waals surface area contributed by atoms with Gasteiger partial charge in [0, 0.05) is 6.07 Å². The van der Waals surface area contributed by atoms with Crippen LogP contribution in [-0.4, -0.2) is 15.5 Å². The Morgan fingerprint density at radius 3 is 2.43 bits per heavy atom. The van der Waals surface area contributed by atoms with Gasteiger partial charge in [-0.2, -0.15) is 4.39 Å². The Balaban J connectivity index is 2.18. The second kappa shape index (κ2) is 8.09. The molecule has 4 nitrogen and oxygen atoms in total. The highest BCUT2D eigenvalue weighted by molar-refractivity contribution is 7.92. The number of hydrogen-bond donors (Lipinski definition) is 0. The van der Waals surface area contributed by atoms with E-state index in [4.69, 9.17) is 16.3 Å². The van der Waals surface area contributed by atoms with Gasteiger partial charge >= 0.3 is 0 Å². The van der Waals surface area contributed by atoms with Crippen molar-refractivity contribution in [2.75, 3.05) is 11.4 Å². The van der Waals surface area contributed by atoms with Crippen molar-refractivity contribution in [1.29, 1.82) is 0 Å². The highest BCUT2D eigenvalue weighted by Crippen LogP contribution is 2.35. The third kappa shape index (κ3) is 3.91. The quantitative estimate of drug-likeness (QED) is 0.564. The van der Waals surface area contributed by atoms with Gasteiger partial charge in [-0.15, -0.1) is 0 Å². The summed E-state index contributed by atoms with van der Waals surface area (Å²) in [5.74, 6) is -0.352. The molecule has 0 heterocycles. The van der Waals surface area contributed by atoms with Gasteiger partial charge in [-0.05, 0) is 42.8 Å². The number of nitrogens with zero attached hydrogens (tertiary/aromatic N) is 1. The van der Waals surface area contributed by atoms with Gasteiger partial charge in [-0.25, -0.2) is 8.42 Å². The van der Waals surface area contributed by atoms with Gasteiger partial charge in [0.1, 0.15) is 10.6 Å². The first-order valence-electron chi connectivity index (χ1n) is 8.37. The lowest BCUT2D eigenvalue weighted by molar-refractivity contribution is 0.415. The summed E-state index contributed by atoms with van der Waals surface area (Å²) in [6, 6.07) is 20.8. The van der Waals surface area contributed by atoms with E-state index >= 15 is 0 Å². The number of ether oxygens (including phenoxy) is 1. The van der Waals surface area contributed by atoms with Gasteiger partial charge in [0.25, 0.3) is 10.0 Å². The fraction of sp³-hybridized carbons (Fsp3) is 0.143. The normalized spacial score (nSPS) is 12.1. The van der Waals surface area contributed by atoms with E-state index < -0.39 is 21.9 Å². The van der Waals surface area contributed by atoms with E-state index in [2.05, 4.69) is 12.1 Å². The third-order valence-electron chi connectivity index (χ3n) is 4.24. The summed E-state index contributed by atoms with van der Waals surface area (Å²) in [4.78, 5) is -0.274. The predicted octanol–water partition coefficient (Wildman–Crippen LogP) is 5.04. The second-order valence-electron chi connectivity index (χ2n) is 6.01. The lowest BCUT2D eigenvalue weighted by Gasteiger charge is -2.30. The van der Waals surface area contributed by atoms with Gasteiger partial charge in [0.15, 0.2) is 5.82 Å². The van der Waals surface area contributed by atoms with Crippen molar-refractivity contribution >= 4 is 27.3 Å². The lowest BCUT2D eigenvalue weighted by atomic mass is 10.1. The molecule has 1 atom stereocenters. The molecule has 0 fully saturated rings. The minimum atomic E-state index is -4.13. The van der Waals surface area contributed by atoms with Crippen LogP contribution in [0.4, 0.5) is 10.1 Å². The molecule has 1 unspecified atom stereocenters. The summed E-state index contributed by atoms with van der Waals surface area (Å²) in [6.45, 7) is 1.77. The van der Waals surface area contributed by atoms with E-state index in [0.717, 1.165) is 11.6 Å². The van der Waals surface area contributed by atoms with Crippen LogP contribution in [0, 0.1) is 17.9 Å². The second-order valence-corrected chi connectivity index (χ2v) is 8.20. The van der Waals surface area contributed by atoms with Crippen LogP contribution in [0.3, 0.4) is 0 Å². The number of sulfonamides is 1. The van der Waals surface area contributed by atoms with Gasteiger partial charge in [0.2, 0.25) is 0 Å². The Morgan fingerprint density at radius 1 is 1.07 bits per heavy atom. The molecule has 3 aromatic rings. The third-order valence-corrected chi connectivity index (χ3v) is 6.34. The number of halogens is 2. The summed E-state index contributed by atoms with van der Waals surface area (Å²) >= 11 is 5.79. The summed E-state index contributed by atoms with van der Waals surface area (Å²) in [6.07, 6.45) is 0. The molecule has 3 aromatic carbocycles. The van der Waals surface area contributed by atoms with E-state index in [-0.39, 0.29) is 9.92 Å². The van der Waals surface area contributed by atoms with Crippen molar-refractivity contribution < 1.29 is 17.5 Å². The Hall–Kier alpha value is -2.75. The van der Waals surface area contributed by atoms with Crippen LogP contribution in [-0.2, 0) is 10.0 Å². The van der Waals surface area contributed by atoms with Crippen molar-refractivity contribution in [3.05, 3.63) is 89.2 Å². The Bertz CT molecular complexity index is 1070. The minimum Gasteiger partial charge on any atom is -0.497 e. The van der Waals surface area contributed by atoms with E-state index in [1.165, 1.54) is 11.4 Å². The first kappa shape index (κ1) is 20.0. The first-order chi connectivity index (χ1) is 13.3. The van der Waals surface area contributed by atoms with Crippen LogP contribution < -0.4 is 9.04 Å². The van der Waals surface area contributed by atoms with E-state index in [1.807, 2.05) is 30.3 Å². The maximum Gasteiger partial charge on any atom is 0.272 e. The Morgan fingerprint density at radius 2 is 1.79 bits per heavy atom. The fourth-order valence-corrected chi connectivity index (χ4v) is 4.63. The molecule has 144 valence electrons. The van der Waals surface area contributed by atoms with Gasteiger partial charge in [-0.3, -0.25) is 4.31 Å². The average Bonchev–Trinajstić information content (AvgIpc) is 2.70. The van der Waals surface area contributed by atoms with Crippen molar-refractivity contribution in [2.45, 2.75) is 17.9 Å². The summed E-state index contributed by atoms with van der Waals surface area (Å²) in [7, 11) is -2.62. The summed E-state index contributed by atoms with van der Waals surface area (Å²) < 4.78 is 46.9. The van der Waals surface area contributed by atoms with Crippen molar-refractivity contribution in [3.63, 3.8) is 0 Å². The molecule has 0 aliphatic carbocycles. The van der Waals surface area contributed by atoms with Gasteiger partial charge in [0.05, 0.1) is 23.9 Å². The molecule has 0 bridgehead atoms. The maximum atomic E-state index is 13.5. The first-order valence-corrected chi connectivity index (χ1v) is 10.2.